The molecular formula is C23H46O6Si3. The first kappa shape index (κ1) is 31.0. The molecule has 0 saturated heterocycles. The number of carbonyl (C=O) groups is 2. The molecular weight excluding hydrogens is 457 g/mol. The van der Waals surface area contributed by atoms with Gasteiger partial charge in [-0.25, -0.2) is 9.59 Å². The summed E-state index contributed by atoms with van der Waals surface area (Å²) >= 11 is 0. The first-order valence-corrected chi connectivity index (χ1v) is 20.8. The predicted molar refractivity (Wildman–Crippen MR) is 139 cm³/mol. The van der Waals surface area contributed by atoms with Gasteiger partial charge in [0.25, 0.3) is 0 Å². The van der Waals surface area contributed by atoms with Crippen LogP contribution in [0.2, 0.25) is 51.4 Å². The fraction of sp³-hybridized carbons (Fsp3) is 0.739. The third-order valence-corrected chi connectivity index (χ3v) is 17.2. The van der Waals surface area contributed by atoms with Crippen molar-refractivity contribution in [1.82, 2.24) is 0 Å². The lowest BCUT2D eigenvalue weighted by molar-refractivity contribution is -0.138. The molecule has 0 spiro atoms. The van der Waals surface area contributed by atoms with E-state index in [9.17, 15) is 9.59 Å². The Balaban J connectivity index is 4.86. The van der Waals surface area contributed by atoms with Crippen LogP contribution < -0.4 is 0 Å². The number of rotatable bonds is 16. The highest BCUT2D eigenvalue weighted by atomic mass is 28.4. The van der Waals surface area contributed by atoms with Crippen LogP contribution in [0.3, 0.4) is 0 Å². The first-order valence-electron chi connectivity index (χ1n) is 11.5. The smallest absolute Gasteiger partial charge is 0.330 e. The minimum atomic E-state index is -2.21. The van der Waals surface area contributed by atoms with E-state index >= 15 is 0 Å². The molecule has 0 amide bonds. The summed E-state index contributed by atoms with van der Waals surface area (Å²) in [5.74, 6) is -0.751. The third-order valence-electron chi connectivity index (χ3n) is 6.26. The van der Waals surface area contributed by atoms with Gasteiger partial charge in [0.2, 0.25) is 8.32 Å². The number of carbonyl (C=O) groups excluding carboxylic acids is 2. The monoisotopic (exact) mass is 502 g/mol. The van der Waals surface area contributed by atoms with Crippen molar-refractivity contribution in [3.05, 3.63) is 25.3 Å². The average Bonchev–Trinajstić information content (AvgIpc) is 2.66. The molecule has 32 heavy (non-hydrogen) atoms. The molecule has 0 bridgehead atoms. The van der Waals surface area contributed by atoms with Crippen molar-refractivity contribution in [3.8, 4) is 0 Å². The Kier molecular flexibility index (Phi) is 12.6. The number of esters is 2. The molecule has 0 radical (unpaired) electrons. The second-order valence-corrected chi connectivity index (χ2v) is 24.6. The molecule has 0 fully saturated rings. The molecule has 0 aliphatic rings. The maximum absolute atomic E-state index is 11.2. The largest absolute Gasteiger partial charge is 0.463 e. The molecule has 9 heteroatoms. The van der Waals surface area contributed by atoms with Gasteiger partial charge in [-0.15, -0.1) is 0 Å². The highest BCUT2D eigenvalue weighted by Crippen LogP contribution is 2.33. The van der Waals surface area contributed by atoms with Crippen LogP contribution in [-0.2, 0) is 27.9 Å². The van der Waals surface area contributed by atoms with E-state index < -0.39 is 24.7 Å². The average molecular weight is 503 g/mol. The van der Waals surface area contributed by atoms with Gasteiger partial charge in [0.1, 0.15) is 0 Å². The second kappa shape index (κ2) is 13.0. The van der Waals surface area contributed by atoms with Gasteiger partial charge in [-0.05, 0) is 65.8 Å². The molecule has 0 saturated carbocycles. The Morgan fingerprint density at radius 2 is 1.31 bits per heavy atom. The first-order chi connectivity index (χ1) is 14.5. The van der Waals surface area contributed by atoms with E-state index in [0.717, 1.165) is 24.9 Å². The SMILES string of the molecule is C=CC(=O)OCCC[Si](C)(C)OC(C)(C)[Si](C)(C)OC(C)[Si](C)(C)CCCOC(=O)C=C. The molecule has 6 nitrogen and oxygen atoms in total. The van der Waals surface area contributed by atoms with Crippen molar-refractivity contribution < 1.29 is 27.9 Å². The van der Waals surface area contributed by atoms with Crippen LogP contribution in [0.4, 0.5) is 0 Å². The normalized spacial score (nSPS) is 13.9. The van der Waals surface area contributed by atoms with E-state index in [-0.39, 0.29) is 22.9 Å². The predicted octanol–water partition coefficient (Wildman–Crippen LogP) is 5.62. The molecule has 186 valence electrons. The van der Waals surface area contributed by atoms with Crippen LogP contribution in [0.25, 0.3) is 0 Å². The van der Waals surface area contributed by atoms with Crippen LogP contribution in [0.5, 0.6) is 0 Å². The summed E-state index contributed by atoms with van der Waals surface area (Å²) in [4.78, 5) is 22.4. The summed E-state index contributed by atoms with van der Waals surface area (Å²) in [7, 11) is -5.86. The summed E-state index contributed by atoms with van der Waals surface area (Å²) in [5, 5.41) is -0.348. The summed E-state index contributed by atoms with van der Waals surface area (Å²) in [6, 6.07) is 1.93. The second-order valence-electron chi connectivity index (χ2n) is 10.6. The number of ether oxygens (including phenoxy) is 2. The minimum Gasteiger partial charge on any atom is -0.463 e. The van der Waals surface area contributed by atoms with Gasteiger partial charge in [-0.3, -0.25) is 0 Å². The van der Waals surface area contributed by atoms with Crippen molar-refractivity contribution in [2.24, 2.45) is 0 Å². The van der Waals surface area contributed by atoms with Crippen molar-refractivity contribution in [3.63, 3.8) is 0 Å². The maximum atomic E-state index is 11.2. The Morgan fingerprint density at radius 1 is 0.875 bits per heavy atom. The van der Waals surface area contributed by atoms with Gasteiger partial charge in [-0.2, -0.15) is 0 Å². The van der Waals surface area contributed by atoms with Crippen molar-refractivity contribution in [2.75, 3.05) is 13.2 Å². The van der Waals surface area contributed by atoms with Crippen LogP contribution in [-0.4, -0.2) is 60.8 Å². The molecule has 0 heterocycles. The molecule has 0 rings (SSSR count). The molecule has 1 atom stereocenters. The zero-order chi connectivity index (χ0) is 25.2. The van der Waals surface area contributed by atoms with Crippen molar-refractivity contribution in [2.45, 2.75) is 95.9 Å². The fourth-order valence-corrected chi connectivity index (χ4v) is 12.4. The number of hydrogen-bond donors (Lipinski definition) is 0. The van der Waals surface area contributed by atoms with Gasteiger partial charge < -0.3 is 18.3 Å². The third kappa shape index (κ3) is 11.2. The van der Waals surface area contributed by atoms with Gasteiger partial charge in [-0.1, -0.05) is 32.3 Å². The molecule has 0 aromatic carbocycles. The van der Waals surface area contributed by atoms with Crippen LogP contribution >= 0.6 is 0 Å². The van der Waals surface area contributed by atoms with Crippen LogP contribution in [0.1, 0.15) is 33.6 Å². The summed E-state index contributed by atoms with van der Waals surface area (Å²) < 4.78 is 23.7. The Hall–Kier alpha value is -1.01. The fourth-order valence-electron chi connectivity index (χ4n) is 3.30. The summed E-state index contributed by atoms with van der Waals surface area (Å²) in [6.45, 7) is 27.7. The van der Waals surface area contributed by atoms with Crippen molar-refractivity contribution in [1.29, 1.82) is 0 Å². The zero-order valence-corrected chi connectivity index (χ0v) is 24.8. The lowest BCUT2D eigenvalue weighted by atomic mass is 10.5. The Bertz CT molecular complexity index is 644. The van der Waals surface area contributed by atoms with Crippen molar-refractivity contribution >= 4 is 36.6 Å². The lowest BCUT2D eigenvalue weighted by Gasteiger charge is -2.47. The topological polar surface area (TPSA) is 71.1 Å². The standard InChI is InChI=1S/C23H46O6Si3/c1-12-21(24)26-16-14-18-30(6,7)20(3)28-32(10,11)23(4,5)29-31(8,9)19-15-17-27-22(25)13-2/h12-13,20H,1-2,14-19H2,3-11H3. The number of hydrogen-bond acceptors (Lipinski definition) is 6. The van der Waals surface area contributed by atoms with E-state index in [1.54, 1.807) is 0 Å². The lowest BCUT2D eigenvalue weighted by Crippen LogP contribution is -2.61. The van der Waals surface area contributed by atoms with E-state index in [4.69, 9.17) is 18.3 Å². The van der Waals surface area contributed by atoms with Gasteiger partial charge in [0, 0.05) is 17.9 Å². The minimum absolute atomic E-state index is 0.172. The van der Waals surface area contributed by atoms with Gasteiger partial charge in [0.15, 0.2) is 8.32 Å². The molecule has 0 aliphatic carbocycles. The quantitative estimate of drug-likeness (QED) is 0.118. The Labute approximate surface area is 199 Å². The highest BCUT2D eigenvalue weighted by Gasteiger charge is 2.48. The highest BCUT2D eigenvalue weighted by molar-refractivity contribution is 6.81. The molecule has 0 aliphatic heterocycles. The van der Waals surface area contributed by atoms with Crippen LogP contribution in [0.15, 0.2) is 25.3 Å². The molecule has 1 unspecified atom stereocenters. The summed E-state index contributed by atoms with van der Waals surface area (Å²) in [6.07, 6.45) is 4.01. The Morgan fingerprint density at radius 3 is 1.75 bits per heavy atom. The molecule has 0 aromatic rings. The van der Waals surface area contributed by atoms with E-state index in [2.05, 4.69) is 73.2 Å². The van der Waals surface area contributed by atoms with E-state index in [1.807, 2.05) is 0 Å². The molecule has 0 aromatic heterocycles. The van der Waals surface area contributed by atoms with E-state index in [0.29, 0.717) is 13.2 Å². The van der Waals surface area contributed by atoms with Gasteiger partial charge in [0.05, 0.1) is 26.5 Å². The van der Waals surface area contributed by atoms with Crippen LogP contribution in [0, 0.1) is 0 Å². The summed E-state index contributed by atoms with van der Waals surface area (Å²) in [5.41, 5.74) is 0.172. The zero-order valence-electron chi connectivity index (χ0n) is 21.8. The maximum Gasteiger partial charge on any atom is 0.330 e. The van der Waals surface area contributed by atoms with Gasteiger partial charge >= 0.3 is 11.9 Å². The van der Waals surface area contributed by atoms with E-state index in [1.165, 1.54) is 12.2 Å². The molecule has 0 N–H and O–H groups in total.